The average Bonchev–Trinajstić information content (AvgIpc) is 3.30. The number of phenols is 1. The summed E-state index contributed by atoms with van der Waals surface area (Å²) in [6.07, 6.45) is 3.56. The van der Waals surface area contributed by atoms with Crippen molar-refractivity contribution in [3.05, 3.63) is 170 Å². The fourth-order valence-electron chi connectivity index (χ4n) is 5.93. The summed E-state index contributed by atoms with van der Waals surface area (Å²) < 4.78 is 152. The van der Waals surface area contributed by atoms with Gasteiger partial charge in [-0.25, -0.2) is 48.7 Å². The van der Waals surface area contributed by atoms with Crippen molar-refractivity contribution >= 4 is 42.6 Å². The van der Waals surface area contributed by atoms with Crippen LogP contribution in [-0.2, 0) is 14.3 Å². The van der Waals surface area contributed by atoms with Crippen LogP contribution in [-0.4, -0.2) is 61.7 Å². The Labute approximate surface area is 388 Å². The van der Waals surface area contributed by atoms with Crippen LogP contribution in [0.5, 0.6) is 28.7 Å². The van der Waals surface area contributed by atoms with Gasteiger partial charge < -0.3 is 39.6 Å². The van der Waals surface area contributed by atoms with Crippen molar-refractivity contribution in [1.82, 2.24) is 5.32 Å². The summed E-state index contributed by atoms with van der Waals surface area (Å²) in [5.41, 5.74) is 6.65. The topological polar surface area (TPSA) is 200 Å². The zero-order valence-corrected chi connectivity index (χ0v) is 35.4. The molecule has 70 heavy (non-hydrogen) atoms. The molecule has 0 aliphatic carbocycles. The molecule has 1 unspecified atom stereocenters. The molecule has 23 heteroatoms. The zero-order chi connectivity index (χ0) is 51.4. The SMILES string of the molecule is COC(=O)NC1=Cc2cc(F)cc(F)c2OC1.N#CC1=Cc2cc(F)cc(F)c2OC1.NC(=O)C1=Cc2cc(F)cc(F)c2OC1.O=CC1=Cc2cc(F)cc(F)c2OC1O.Oc1ccc(F)cc1F. The van der Waals surface area contributed by atoms with E-state index >= 15 is 0 Å². The first kappa shape index (κ1) is 52.2. The molecule has 4 heterocycles. The number of aliphatic hydroxyl groups excluding tert-OH is 1. The normalized spacial score (nSPS) is 14.2. The quantitative estimate of drug-likeness (QED) is 0.0999. The number of benzene rings is 5. The maximum Gasteiger partial charge on any atom is 0.411 e. The fraction of sp³-hybridized carbons (Fsp3) is 0.106. The predicted octanol–water partition coefficient (Wildman–Crippen LogP) is 8.47. The van der Waals surface area contributed by atoms with E-state index in [-0.39, 0.29) is 76.2 Å². The molecule has 5 aromatic rings. The van der Waals surface area contributed by atoms with Gasteiger partial charge in [-0.1, -0.05) is 0 Å². The molecule has 2 amide bonds. The lowest BCUT2D eigenvalue weighted by molar-refractivity contribution is -0.115. The van der Waals surface area contributed by atoms with Crippen LogP contribution in [0.25, 0.3) is 24.3 Å². The maximum atomic E-state index is 13.3. The summed E-state index contributed by atoms with van der Waals surface area (Å²) in [4.78, 5) is 32.2. The predicted molar refractivity (Wildman–Crippen MR) is 225 cm³/mol. The van der Waals surface area contributed by atoms with Crippen LogP contribution in [0.2, 0.25) is 0 Å². The minimum absolute atomic E-state index is 0.00500. The van der Waals surface area contributed by atoms with Gasteiger partial charge in [0, 0.05) is 52.6 Å². The van der Waals surface area contributed by atoms with E-state index in [2.05, 4.69) is 10.1 Å². The summed E-state index contributed by atoms with van der Waals surface area (Å²) in [6.45, 7) is -0.0679. The van der Waals surface area contributed by atoms with Crippen LogP contribution in [0.15, 0.2) is 89.1 Å². The lowest BCUT2D eigenvalue weighted by Gasteiger charge is -2.20. The Morgan fingerprint density at radius 3 is 1.59 bits per heavy atom. The summed E-state index contributed by atoms with van der Waals surface area (Å²) >= 11 is 0. The number of aromatic hydroxyl groups is 1. The Morgan fingerprint density at radius 1 is 0.657 bits per heavy atom. The third kappa shape index (κ3) is 13.7. The van der Waals surface area contributed by atoms with Crippen LogP contribution >= 0.6 is 0 Å². The number of nitrogens with one attached hydrogen (secondary N) is 1. The van der Waals surface area contributed by atoms with E-state index < -0.39 is 82.2 Å². The molecule has 0 aromatic heterocycles. The van der Waals surface area contributed by atoms with Crippen LogP contribution in [0.4, 0.5) is 48.7 Å². The monoisotopic (exact) mass is 987 g/mol. The standard InChI is InChI=1S/C11H9F2NO3.C10H7F2NO2.C10H5F2NO.C10H6F2O3.C6H4F2O/c1-16-11(15)14-8-3-6-2-7(12)4-9(13)10(6)17-5-8;11-7-2-5-1-6(10(13)14)4-15-9(5)8(12)3-7;11-8-2-7-1-6(4-13)5-14-10(7)9(12)3-8;11-7-2-5-1-6(4-13)10(14)15-9(5)8(12)3-7;7-4-1-2-6(9)5(8)3-4/h2-4H,5H2,1H3,(H,14,15);1-3H,4H2,(H2,13,14);1-3H,5H2;1-4,10,14H;1-3,9H. The maximum absolute atomic E-state index is 13.3. The van der Waals surface area contributed by atoms with Gasteiger partial charge >= 0.3 is 6.09 Å². The smallest absolute Gasteiger partial charge is 0.411 e. The summed E-state index contributed by atoms with van der Waals surface area (Å²) in [5, 5.41) is 28.7. The molecule has 0 radical (unpaired) electrons. The number of amides is 2. The first-order valence-electron chi connectivity index (χ1n) is 19.4. The van der Waals surface area contributed by atoms with Crippen molar-refractivity contribution in [2.75, 3.05) is 26.9 Å². The lowest BCUT2D eigenvalue weighted by Crippen LogP contribution is -2.27. The number of rotatable bonds is 3. The van der Waals surface area contributed by atoms with Crippen molar-refractivity contribution < 1.29 is 92.2 Å². The van der Waals surface area contributed by atoms with E-state index in [0.717, 1.165) is 54.6 Å². The molecule has 0 saturated carbocycles. The van der Waals surface area contributed by atoms with Crippen molar-refractivity contribution in [3.8, 4) is 34.8 Å². The third-order valence-electron chi connectivity index (χ3n) is 9.04. The number of primary amides is 1. The number of nitrogens with zero attached hydrogens (tertiary/aromatic N) is 1. The highest BCUT2D eigenvalue weighted by Gasteiger charge is 2.24. The second-order valence-corrected chi connectivity index (χ2v) is 14.0. The van der Waals surface area contributed by atoms with Gasteiger partial charge in [-0.05, 0) is 60.7 Å². The number of alkyl carbamates (subject to hydrolysis) is 1. The molecular weight excluding hydrogens is 957 g/mol. The Morgan fingerprint density at radius 2 is 1.11 bits per heavy atom. The van der Waals surface area contributed by atoms with Crippen LogP contribution in [0.3, 0.4) is 0 Å². The van der Waals surface area contributed by atoms with E-state index in [1.807, 2.05) is 6.07 Å². The van der Waals surface area contributed by atoms with Crippen molar-refractivity contribution in [1.29, 1.82) is 5.26 Å². The van der Waals surface area contributed by atoms with E-state index in [9.17, 15) is 63.4 Å². The number of hydrogen-bond acceptors (Lipinski definition) is 11. The van der Waals surface area contributed by atoms with Gasteiger partial charge in [0.1, 0.15) is 48.9 Å². The van der Waals surface area contributed by atoms with E-state index in [1.54, 1.807) is 0 Å². The van der Waals surface area contributed by atoms with Crippen molar-refractivity contribution in [3.63, 3.8) is 0 Å². The molecule has 13 nitrogen and oxygen atoms in total. The number of nitrogens with two attached hydrogens (primary N) is 1. The number of halogens is 10. The number of nitriles is 1. The summed E-state index contributed by atoms with van der Waals surface area (Å²) in [7, 11) is 1.22. The van der Waals surface area contributed by atoms with Crippen molar-refractivity contribution in [2.45, 2.75) is 6.29 Å². The fourth-order valence-corrected chi connectivity index (χ4v) is 5.93. The van der Waals surface area contributed by atoms with Crippen LogP contribution in [0.1, 0.15) is 22.3 Å². The molecule has 0 spiro atoms. The zero-order valence-electron chi connectivity index (χ0n) is 35.4. The van der Waals surface area contributed by atoms with Gasteiger partial charge in [0.25, 0.3) is 0 Å². The van der Waals surface area contributed by atoms with Gasteiger partial charge in [-0.3, -0.25) is 14.9 Å². The molecule has 4 aliphatic heterocycles. The van der Waals surface area contributed by atoms with Crippen LogP contribution in [0, 0.1) is 69.5 Å². The molecule has 5 aromatic carbocycles. The first-order chi connectivity index (χ1) is 33.2. The molecule has 0 saturated heterocycles. The van der Waals surface area contributed by atoms with Gasteiger partial charge in [-0.15, -0.1) is 0 Å². The number of carbonyl (C=O) groups excluding carboxylic acids is 3. The van der Waals surface area contributed by atoms with E-state index in [1.165, 1.54) is 31.4 Å². The molecule has 0 bridgehead atoms. The van der Waals surface area contributed by atoms with Crippen molar-refractivity contribution in [2.24, 2.45) is 5.73 Å². The van der Waals surface area contributed by atoms with E-state index in [0.29, 0.717) is 29.7 Å². The van der Waals surface area contributed by atoms with E-state index in [4.69, 9.17) is 35.0 Å². The lowest BCUT2D eigenvalue weighted by atomic mass is 10.1. The Hall–Kier alpha value is -8.78. The summed E-state index contributed by atoms with van der Waals surface area (Å²) in [5.74, 6) is -9.24. The third-order valence-corrected chi connectivity index (χ3v) is 9.04. The number of methoxy groups -OCH3 is 1. The Kier molecular flexibility index (Phi) is 17.4. The van der Waals surface area contributed by atoms with Gasteiger partial charge in [0.05, 0.1) is 35.6 Å². The number of fused-ring (bicyclic) bond motifs is 4. The highest BCUT2D eigenvalue weighted by atomic mass is 19.2. The van der Waals surface area contributed by atoms with Gasteiger partial charge in [-0.2, -0.15) is 5.26 Å². The molecule has 364 valence electrons. The highest BCUT2D eigenvalue weighted by molar-refractivity contribution is 5.98. The number of ether oxygens (including phenoxy) is 5. The number of aldehydes is 1. The number of carbonyl (C=O) groups is 3. The Bertz CT molecular complexity index is 3010. The molecule has 9 rings (SSSR count). The largest absolute Gasteiger partial charge is 0.505 e. The molecule has 1 atom stereocenters. The molecular formula is C47H31F10N3O10. The summed E-state index contributed by atoms with van der Waals surface area (Å²) in [6, 6.07) is 11.7. The second kappa shape index (κ2) is 23.3. The van der Waals surface area contributed by atoms with Gasteiger partial charge in [0.15, 0.2) is 64.1 Å². The molecule has 0 fully saturated rings. The first-order valence-corrected chi connectivity index (χ1v) is 19.4. The minimum atomic E-state index is -1.50. The number of aliphatic hydroxyl groups is 1. The number of phenolic OH excluding ortho intramolecular Hbond substituents is 1. The molecule has 5 N–H and O–H groups in total. The second-order valence-electron chi connectivity index (χ2n) is 14.0. The van der Waals surface area contributed by atoms with Gasteiger partial charge in [0.2, 0.25) is 12.2 Å². The average molecular weight is 988 g/mol. The highest BCUT2D eigenvalue weighted by Crippen LogP contribution is 2.34. The van der Waals surface area contributed by atoms with Crippen LogP contribution < -0.4 is 30.0 Å². The minimum Gasteiger partial charge on any atom is -0.505 e. The Balaban J connectivity index is 0.000000165. The number of hydrogen-bond donors (Lipinski definition) is 4. The molecule has 4 aliphatic rings.